The molecule has 0 aromatic heterocycles. The average Bonchev–Trinajstić information content (AvgIpc) is 0.811. The fourth-order valence-electron chi connectivity index (χ4n) is 0. The Morgan fingerprint density at radius 2 is 1.40 bits per heavy atom. The van der Waals surface area contributed by atoms with Gasteiger partial charge in [0.2, 0.25) is 0 Å². The van der Waals surface area contributed by atoms with Crippen LogP contribution in [0.4, 0.5) is 0 Å². The molecule has 5 heavy (non-hydrogen) atoms. The number of hydrogen-bond donors (Lipinski definition) is 0. The van der Waals surface area contributed by atoms with E-state index < -0.39 is 7.80 Å². The van der Waals surface area contributed by atoms with E-state index in [1.54, 1.807) is 13.3 Å². The Balaban J connectivity index is 0. The zero-order valence-electron chi connectivity index (χ0n) is 3.49. The van der Waals surface area contributed by atoms with Crippen LogP contribution in [0, 0.1) is 0 Å². The third-order valence-electron chi connectivity index (χ3n) is 0. The zero-order chi connectivity index (χ0) is 3.58. The van der Waals surface area contributed by atoms with Crippen LogP contribution in [-0.2, 0) is 30.4 Å². The van der Waals surface area contributed by atoms with Crippen molar-refractivity contribution in [1.29, 1.82) is 0 Å². The molecule has 3 heteroatoms. The minimum absolute atomic E-state index is 0. The predicted octanol–water partition coefficient (Wildman–Crippen LogP) is 0.803. The smallest absolute Gasteiger partial charge is 0.0703 e. The van der Waals surface area contributed by atoms with Crippen molar-refractivity contribution in [2.45, 2.75) is 0 Å². The van der Waals surface area contributed by atoms with Gasteiger partial charge in [-0.3, -0.25) is 0 Å². The SMILES string of the molecule is C[PH](C)=O.[Sc]. The van der Waals surface area contributed by atoms with E-state index in [1.807, 2.05) is 0 Å². The molecule has 0 aliphatic heterocycles. The Morgan fingerprint density at radius 3 is 1.40 bits per heavy atom. The molecule has 0 aromatic carbocycles. The first-order valence-electron chi connectivity index (χ1n) is 1.20. The summed E-state index contributed by atoms with van der Waals surface area (Å²) in [7, 11) is -1.13. The molecule has 1 radical (unpaired) electrons. The molecule has 1 nitrogen and oxygen atoms in total. The third kappa shape index (κ3) is 40.5. The largest absolute Gasteiger partial charge is 0.327 e. The van der Waals surface area contributed by atoms with Crippen molar-refractivity contribution < 1.29 is 30.4 Å². The van der Waals surface area contributed by atoms with Crippen molar-refractivity contribution in [3.05, 3.63) is 0 Å². The first kappa shape index (κ1) is 9.44. The summed E-state index contributed by atoms with van der Waals surface area (Å²) in [5.74, 6) is 0. The fraction of sp³-hybridized carbons (Fsp3) is 1.00. The third-order valence-corrected chi connectivity index (χ3v) is 0. The van der Waals surface area contributed by atoms with Gasteiger partial charge in [-0.15, -0.1) is 0 Å². The van der Waals surface area contributed by atoms with E-state index in [4.69, 9.17) is 0 Å². The summed E-state index contributed by atoms with van der Waals surface area (Å²) in [6.07, 6.45) is 0. The normalized spacial score (nSPS) is 7.00. The summed E-state index contributed by atoms with van der Waals surface area (Å²) >= 11 is 0. The van der Waals surface area contributed by atoms with Crippen LogP contribution in [0.2, 0.25) is 0 Å². The molecule has 0 saturated carbocycles. The maximum Gasteiger partial charge on any atom is 0.0703 e. The van der Waals surface area contributed by atoms with Crippen molar-refractivity contribution >= 4 is 7.80 Å². The van der Waals surface area contributed by atoms with E-state index in [1.165, 1.54) is 0 Å². The second-order valence-corrected chi connectivity index (χ2v) is 2.72. The molecule has 0 rings (SSSR count). The van der Waals surface area contributed by atoms with Crippen LogP contribution in [0.25, 0.3) is 0 Å². The molecule has 0 amide bonds. The molecule has 0 N–H and O–H groups in total. The Bertz CT molecular complexity index is 32.6. The fourth-order valence-corrected chi connectivity index (χ4v) is 0. The van der Waals surface area contributed by atoms with Gasteiger partial charge < -0.3 is 4.57 Å². The summed E-state index contributed by atoms with van der Waals surface area (Å²) in [5, 5.41) is 0. The van der Waals surface area contributed by atoms with E-state index in [2.05, 4.69) is 0 Å². The summed E-state index contributed by atoms with van der Waals surface area (Å²) in [5.41, 5.74) is 0. The zero-order valence-corrected chi connectivity index (χ0v) is 6.29. The maximum atomic E-state index is 9.63. The summed E-state index contributed by atoms with van der Waals surface area (Å²) in [6.45, 7) is 3.43. The summed E-state index contributed by atoms with van der Waals surface area (Å²) in [4.78, 5) is 0. The van der Waals surface area contributed by atoms with Crippen LogP contribution in [-0.4, -0.2) is 13.3 Å². The van der Waals surface area contributed by atoms with Crippen molar-refractivity contribution in [2.75, 3.05) is 13.3 Å². The second kappa shape index (κ2) is 5.10. The van der Waals surface area contributed by atoms with Crippen molar-refractivity contribution in [2.24, 2.45) is 0 Å². The molecular weight excluding hydrogens is 116 g/mol. The Morgan fingerprint density at radius 1 is 1.40 bits per heavy atom. The first-order valence-corrected chi connectivity index (χ1v) is 3.61. The number of rotatable bonds is 0. The van der Waals surface area contributed by atoms with Gasteiger partial charge in [0.15, 0.2) is 0 Å². The summed E-state index contributed by atoms with van der Waals surface area (Å²) < 4.78 is 9.63. The van der Waals surface area contributed by atoms with Gasteiger partial charge in [-0.2, -0.15) is 0 Å². The molecule has 0 unspecified atom stereocenters. The van der Waals surface area contributed by atoms with Crippen LogP contribution in [0.1, 0.15) is 0 Å². The molecule has 0 fully saturated rings. The average molecular weight is 123 g/mol. The van der Waals surface area contributed by atoms with E-state index in [9.17, 15) is 4.57 Å². The molecule has 0 spiro atoms. The molecule has 0 aliphatic carbocycles. The quantitative estimate of drug-likeness (QED) is 0.435. The van der Waals surface area contributed by atoms with Crippen LogP contribution in [0.5, 0.6) is 0 Å². The van der Waals surface area contributed by atoms with Gasteiger partial charge in [0.05, 0.1) is 7.80 Å². The van der Waals surface area contributed by atoms with Gasteiger partial charge in [-0.25, -0.2) is 0 Å². The van der Waals surface area contributed by atoms with Crippen LogP contribution < -0.4 is 0 Å². The van der Waals surface area contributed by atoms with Crippen molar-refractivity contribution in [3.63, 3.8) is 0 Å². The predicted molar refractivity (Wildman–Crippen MR) is 20.8 cm³/mol. The molecular formula is C2H7OPSc. The van der Waals surface area contributed by atoms with Gasteiger partial charge in [0.1, 0.15) is 0 Å². The minimum Gasteiger partial charge on any atom is -0.327 e. The monoisotopic (exact) mass is 123 g/mol. The molecule has 0 atom stereocenters. The van der Waals surface area contributed by atoms with E-state index in [0.29, 0.717) is 0 Å². The summed E-state index contributed by atoms with van der Waals surface area (Å²) in [6, 6.07) is 0. The van der Waals surface area contributed by atoms with Crippen LogP contribution in [0.15, 0.2) is 0 Å². The van der Waals surface area contributed by atoms with Gasteiger partial charge in [0, 0.05) is 25.8 Å². The molecule has 0 aromatic rings. The maximum absolute atomic E-state index is 9.63. The number of hydrogen-bond acceptors (Lipinski definition) is 1. The van der Waals surface area contributed by atoms with Gasteiger partial charge in [0.25, 0.3) is 0 Å². The van der Waals surface area contributed by atoms with Gasteiger partial charge >= 0.3 is 0 Å². The Kier molecular flexibility index (Phi) is 9.63. The van der Waals surface area contributed by atoms with Crippen LogP contribution >= 0.6 is 7.80 Å². The molecule has 0 aliphatic rings. The molecule has 29 valence electrons. The molecule has 0 heterocycles. The van der Waals surface area contributed by atoms with E-state index in [0.717, 1.165) is 0 Å². The van der Waals surface area contributed by atoms with Crippen molar-refractivity contribution in [1.82, 2.24) is 0 Å². The standard InChI is InChI=1S/C2H7OP.Sc/c1-4(2)3;/h4H,1-2H3;. The molecule has 0 saturated heterocycles. The Hall–Kier alpha value is 1.10. The Labute approximate surface area is 51.7 Å². The van der Waals surface area contributed by atoms with Crippen molar-refractivity contribution in [3.8, 4) is 0 Å². The first-order chi connectivity index (χ1) is 1.73. The van der Waals surface area contributed by atoms with E-state index >= 15 is 0 Å². The molecule has 0 bridgehead atoms. The van der Waals surface area contributed by atoms with E-state index in [-0.39, 0.29) is 25.8 Å². The minimum atomic E-state index is -1.13. The van der Waals surface area contributed by atoms with Crippen LogP contribution in [0.3, 0.4) is 0 Å². The van der Waals surface area contributed by atoms with Gasteiger partial charge in [-0.05, 0) is 13.3 Å². The second-order valence-electron chi connectivity index (χ2n) is 0.908. The van der Waals surface area contributed by atoms with Gasteiger partial charge in [-0.1, -0.05) is 0 Å². The topological polar surface area (TPSA) is 17.1 Å².